The van der Waals surface area contributed by atoms with E-state index in [0.717, 1.165) is 12.2 Å². The van der Waals surface area contributed by atoms with Gasteiger partial charge in [0.1, 0.15) is 0 Å². The Morgan fingerprint density at radius 2 is 2.11 bits per heavy atom. The van der Waals surface area contributed by atoms with E-state index in [2.05, 4.69) is 19.2 Å². The average Bonchev–Trinajstić information content (AvgIpc) is 3.08. The first-order valence-corrected chi connectivity index (χ1v) is 6.38. The van der Waals surface area contributed by atoms with E-state index in [0.29, 0.717) is 22.6 Å². The maximum Gasteiger partial charge on any atom is 0.250 e. The fraction of sp³-hybridized carbons (Fsp3) is 0.500. The van der Waals surface area contributed by atoms with E-state index in [1.807, 2.05) is 6.07 Å². The number of hydrogen-bond donors (Lipinski definition) is 3. The van der Waals surface area contributed by atoms with Gasteiger partial charge < -0.3 is 16.8 Å². The van der Waals surface area contributed by atoms with Gasteiger partial charge in [-0.15, -0.1) is 0 Å². The van der Waals surface area contributed by atoms with Gasteiger partial charge in [-0.2, -0.15) is 0 Å². The van der Waals surface area contributed by atoms with Crippen LogP contribution >= 0.6 is 0 Å². The van der Waals surface area contributed by atoms with Crippen molar-refractivity contribution in [3.63, 3.8) is 0 Å². The molecule has 98 valence electrons. The van der Waals surface area contributed by atoms with Gasteiger partial charge in [0.25, 0.3) is 5.91 Å². The monoisotopic (exact) mass is 247 g/mol. The number of nitrogen functional groups attached to an aromatic ring is 1. The molecule has 2 rings (SSSR count). The molecule has 0 bridgehead atoms. The van der Waals surface area contributed by atoms with Crippen LogP contribution in [0.3, 0.4) is 0 Å². The molecule has 1 aliphatic rings. The number of nitrogens with two attached hydrogens (primary N) is 2. The maximum absolute atomic E-state index is 11.4. The Bertz CT molecular complexity index is 464. The molecule has 0 saturated heterocycles. The molecule has 0 aromatic heterocycles. The molecule has 1 aromatic rings. The normalized spacial score (nSPS) is 16.6. The summed E-state index contributed by atoms with van der Waals surface area (Å²) in [5, 5.41) is 3.35. The van der Waals surface area contributed by atoms with Crippen LogP contribution in [-0.2, 0) is 0 Å². The summed E-state index contributed by atoms with van der Waals surface area (Å²) >= 11 is 0. The fourth-order valence-corrected chi connectivity index (χ4v) is 2.31. The molecule has 18 heavy (non-hydrogen) atoms. The second kappa shape index (κ2) is 4.52. The van der Waals surface area contributed by atoms with Gasteiger partial charge in [0.2, 0.25) is 0 Å². The molecule has 5 N–H and O–H groups in total. The van der Waals surface area contributed by atoms with Crippen molar-refractivity contribution < 1.29 is 4.79 Å². The zero-order valence-electron chi connectivity index (χ0n) is 11.0. The van der Waals surface area contributed by atoms with Crippen LogP contribution in [0.25, 0.3) is 0 Å². The number of benzene rings is 1. The summed E-state index contributed by atoms with van der Waals surface area (Å²) in [5.74, 6) is 0.204. The first-order valence-electron chi connectivity index (χ1n) is 6.38. The molecule has 0 atom stereocenters. The van der Waals surface area contributed by atoms with E-state index in [1.54, 1.807) is 12.1 Å². The van der Waals surface area contributed by atoms with Gasteiger partial charge in [0.15, 0.2) is 0 Å². The van der Waals surface area contributed by atoms with Gasteiger partial charge in [-0.05, 0) is 42.4 Å². The van der Waals surface area contributed by atoms with Crippen molar-refractivity contribution >= 4 is 17.3 Å². The number of carbonyl (C=O) groups is 1. The van der Waals surface area contributed by atoms with Crippen molar-refractivity contribution in [3.05, 3.63) is 23.8 Å². The van der Waals surface area contributed by atoms with Crippen LogP contribution < -0.4 is 16.8 Å². The Hall–Kier alpha value is -1.71. The third-order valence-electron chi connectivity index (χ3n) is 4.06. The predicted octanol–water partition coefficient (Wildman–Crippen LogP) is 2.22. The SMILES string of the molecule is CC(C)C1(CNc2ccc(N)cc2C(N)=O)CC1. The van der Waals surface area contributed by atoms with Gasteiger partial charge in [0.05, 0.1) is 5.56 Å². The predicted molar refractivity (Wildman–Crippen MR) is 74.4 cm³/mol. The van der Waals surface area contributed by atoms with Gasteiger partial charge in [-0.1, -0.05) is 13.8 Å². The van der Waals surface area contributed by atoms with Crippen molar-refractivity contribution in [1.82, 2.24) is 0 Å². The molecular weight excluding hydrogens is 226 g/mol. The molecule has 1 fully saturated rings. The number of anilines is 2. The Morgan fingerprint density at radius 3 is 2.61 bits per heavy atom. The minimum atomic E-state index is -0.445. The molecule has 4 heteroatoms. The maximum atomic E-state index is 11.4. The molecule has 1 aromatic carbocycles. The number of carbonyl (C=O) groups excluding carboxylic acids is 1. The van der Waals surface area contributed by atoms with Crippen LogP contribution in [0.4, 0.5) is 11.4 Å². The summed E-state index contributed by atoms with van der Waals surface area (Å²) in [4.78, 5) is 11.4. The van der Waals surface area contributed by atoms with Crippen LogP contribution in [-0.4, -0.2) is 12.5 Å². The summed E-state index contributed by atoms with van der Waals surface area (Å²) < 4.78 is 0. The lowest BCUT2D eigenvalue weighted by molar-refractivity contribution is 0.100. The van der Waals surface area contributed by atoms with Gasteiger partial charge in [0, 0.05) is 17.9 Å². The molecule has 0 spiro atoms. The van der Waals surface area contributed by atoms with Gasteiger partial charge in [-0.3, -0.25) is 4.79 Å². The summed E-state index contributed by atoms with van der Waals surface area (Å²) in [7, 11) is 0. The highest BCUT2D eigenvalue weighted by Crippen LogP contribution is 2.51. The van der Waals surface area contributed by atoms with Gasteiger partial charge in [-0.25, -0.2) is 0 Å². The fourth-order valence-electron chi connectivity index (χ4n) is 2.31. The van der Waals surface area contributed by atoms with E-state index >= 15 is 0 Å². The highest BCUT2D eigenvalue weighted by atomic mass is 16.1. The van der Waals surface area contributed by atoms with Crippen LogP contribution in [0.5, 0.6) is 0 Å². The highest BCUT2D eigenvalue weighted by molar-refractivity contribution is 5.99. The first-order chi connectivity index (χ1) is 8.44. The highest BCUT2D eigenvalue weighted by Gasteiger charge is 2.44. The molecule has 1 aliphatic carbocycles. The molecule has 4 nitrogen and oxygen atoms in total. The van der Waals surface area contributed by atoms with Crippen molar-refractivity contribution in [2.45, 2.75) is 26.7 Å². The van der Waals surface area contributed by atoms with E-state index < -0.39 is 5.91 Å². The molecular formula is C14H21N3O. The molecule has 0 unspecified atom stereocenters. The smallest absolute Gasteiger partial charge is 0.250 e. The Kier molecular flexibility index (Phi) is 3.20. The van der Waals surface area contributed by atoms with Crippen molar-refractivity contribution in [3.8, 4) is 0 Å². The van der Waals surface area contributed by atoms with E-state index in [-0.39, 0.29) is 0 Å². The number of rotatable bonds is 5. The van der Waals surface area contributed by atoms with E-state index in [4.69, 9.17) is 11.5 Å². The Morgan fingerprint density at radius 1 is 1.44 bits per heavy atom. The average molecular weight is 247 g/mol. The lowest BCUT2D eigenvalue weighted by atomic mass is 9.92. The summed E-state index contributed by atoms with van der Waals surface area (Å²) in [6.07, 6.45) is 2.50. The van der Waals surface area contributed by atoms with E-state index in [1.165, 1.54) is 12.8 Å². The Labute approximate surface area is 108 Å². The molecule has 0 radical (unpaired) electrons. The summed E-state index contributed by atoms with van der Waals surface area (Å²) in [6, 6.07) is 5.23. The van der Waals surface area contributed by atoms with Crippen LogP contribution in [0.1, 0.15) is 37.0 Å². The van der Waals surface area contributed by atoms with Crippen molar-refractivity contribution in [2.24, 2.45) is 17.1 Å². The quantitative estimate of drug-likeness (QED) is 0.698. The molecule has 1 amide bonds. The van der Waals surface area contributed by atoms with Gasteiger partial charge >= 0.3 is 0 Å². The Balaban J connectivity index is 2.12. The molecule has 0 aliphatic heterocycles. The number of primary amides is 1. The second-order valence-electron chi connectivity index (χ2n) is 5.54. The van der Waals surface area contributed by atoms with Crippen molar-refractivity contribution in [1.29, 1.82) is 0 Å². The molecule has 1 saturated carbocycles. The third-order valence-corrected chi connectivity index (χ3v) is 4.06. The standard InChI is InChI=1S/C14H21N3O/c1-9(2)14(5-6-14)8-17-12-4-3-10(15)7-11(12)13(16)18/h3-4,7,9,17H,5-6,8,15H2,1-2H3,(H2,16,18). The van der Waals surface area contributed by atoms with Crippen LogP contribution in [0.15, 0.2) is 18.2 Å². The number of amides is 1. The second-order valence-corrected chi connectivity index (χ2v) is 5.54. The first kappa shape index (κ1) is 12.7. The van der Waals surface area contributed by atoms with Crippen molar-refractivity contribution in [2.75, 3.05) is 17.6 Å². The minimum Gasteiger partial charge on any atom is -0.399 e. The molecule has 0 heterocycles. The summed E-state index contributed by atoms with van der Waals surface area (Å²) in [6.45, 7) is 5.37. The number of nitrogens with one attached hydrogen (secondary N) is 1. The zero-order chi connectivity index (χ0) is 13.3. The minimum absolute atomic E-state index is 0.385. The van der Waals surface area contributed by atoms with Crippen LogP contribution in [0.2, 0.25) is 0 Å². The third kappa shape index (κ3) is 2.42. The largest absolute Gasteiger partial charge is 0.399 e. The van der Waals surface area contributed by atoms with Crippen LogP contribution in [0, 0.1) is 11.3 Å². The topological polar surface area (TPSA) is 81.1 Å². The zero-order valence-corrected chi connectivity index (χ0v) is 11.0. The lowest BCUT2D eigenvalue weighted by Crippen LogP contribution is -2.23. The summed E-state index contributed by atoms with van der Waals surface area (Å²) in [5.41, 5.74) is 13.2. The number of hydrogen-bond acceptors (Lipinski definition) is 3. The lowest BCUT2D eigenvalue weighted by Gasteiger charge is -2.21. The van der Waals surface area contributed by atoms with E-state index in [9.17, 15) is 4.79 Å².